The highest BCUT2D eigenvalue weighted by Gasteiger charge is 2.16. The minimum Gasteiger partial charge on any atom is -0.489 e. The summed E-state index contributed by atoms with van der Waals surface area (Å²) in [6.45, 7) is 2.39. The normalized spacial score (nSPS) is 15.7. The highest BCUT2D eigenvalue weighted by molar-refractivity contribution is 5.85. The molecule has 0 aliphatic carbocycles. The molecule has 0 saturated carbocycles. The lowest BCUT2D eigenvalue weighted by atomic mass is 10.2. The van der Waals surface area contributed by atoms with Gasteiger partial charge in [-0.3, -0.25) is 14.0 Å². The molecule has 1 aliphatic heterocycles. The van der Waals surface area contributed by atoms with Crippen LogP contribution >= 0.6 is 12.4 Å². The van der Waals surface area contributed by atoms with Crippen molar-refractivity contribution >= 4 is 23.3 Å². The Labute approximate surface area is 186 Å². The number of nitrogens with one attached hydrogen (secondary N) is 1. The average molecular weight is 437 g/mol. The van der Waals surface area contributed by atoms with E-state index in [1.54, 1.807) is 10.8 Å². The minimum absolute atomic E-state index is 0. The Balaban J connectivity index is 0.00000231. The van der Waals surface area contributed by atoms with Crippen molar-refractivity contribution in [3.05, 3.63) is 89.0 Å². The predicted molar refractivity (Wildman–Crippen MR) is 124 cm³/mol. The number of benzene rings is 2. The van der Waals surface area contributed by atoms with Crippen LogP contribution in [0.2, 0.25) is 0 Å². The van der Waals surface area contributed by atoms with Gasteiger partial charge < -0.3 is 10.1 Å². The number of nitrogens with zero attached hydrogens (tertiary/aromatic N) is 3. The summed E-state index contributed by atoms with van der Waals surface area (Å²) < 4.78 is 9.44. The van der Waals surface area contributed by atoms with Crippen molar-refractivity contribution in [2.24, 2.45) is 0 Å². The van der Waals surface area contributed by atoms with E-state index in [4.69, 9.17) is 4.74 Å². The van der Waals surface area contributed by atoms with Gasteiger partial charge in [0.2, 0.25) is 0 Å². The van der Waals surface area contributed by atoms with E-state index < -0.39 is 0 Å². The van der Waals surface area contributed by atoms with Crippen molar-refractivity contribution in [1.29, 1.82) is 0 Å². The number of hydrogen-bond donors (Lipinski definition) is 1. The van der Waals surface area contributed by atoms with Crippen molar-refractivity contribution in [3.8, 4) is 11.4 Å². The Morgan fingerprint density at radius 2 is 1.97 bits per heavy atom. The van der Waals surface area contributed by atoms with Gasteiger partial charge in [0.1, 0.15) is 12.4 Å². The zero-order valence-electron chi connectivity index (χ0n) is 17.1. The maximum Gasteiger partial charge on any atom is 0.258 e. The molecule has 4 aromatic rings. The predicted octanol–water partition coefficient (Wildman–Crippen LogP) is 3.94. The third-order valence-corrected chi connectivity index (χ3v) is 5.60. The Morgan fingerprint density at radius 3 is 2.74 bits per heavy atom. The van der Waals surface area contributed by atoms with Crippen molar-refractivity contribution < 1.29 is 4.74 Å². The third kappa shape index (κ3) is 4.65. The zero-order valence-corrected chi connectivity index (χ0v) is 17.9. The van der Waals surface area contributed by atoms with Crippen LogP contribution in [0.3, 0.4) is 0 Å². The van der Waals surface area contributed by atoms with E-state index in [2.05, 4.69) is 10.4 Å². The number of ether oxygens (including phenoxy) is 1. The van der Waals surface area contributed by atoms with Crippen LogP contribution in [0.1, 0.15) is 18.4 Å². The van der Waals surface area contributed by atoms with E-state index in [9.17, 15) is 4.79 Å². The van der Waals surface area contributed by atoms with Gasteiger partial charge in [0.15, 0.2) is 0 Å². The summed E-state index contributed by atoms with van der Waals surface area (Å²) in [4.78, 5) is 12.7. The number of fused-ring (bicyclic) bond motifs is 1. The monoisotopic (exact) mass is 436 g/mol. The maximum absolute atomic E-state index is 12.7. The second-order valence-electron chi connectivity index (χ2n) is 7.71. The summed E-state index contributed by atoms with van der Waals surface area (Å²) >= 11 is 0. The van der Waals surface area contributed by atoms with Crippen LogP contribution in [0.4, 0.5) is 0 Å². The van der Waals surface area contributed by atoms with E-state index >= 15 is 0 Å². The van der Waals surface area contributed by atoms with Crippen molar-refractivity contribution in [2.45, 2.75) is 32.0 Å². The second kappa shape index (κ2) is 9.37. The molecule has 0 amide bonds. The molecule has 0 radical (unpaired) electrons. The van der Waals surface area contributed by atoms with E-state index in [1.165, 1.54) is 18.9 Å². The van der Waals surface area contributed by atoms with Crippen LogP contribution in [-0.2, 0) is 13.2 Å². The lowest BCUT2D eigenvalue weighted by molar-refractivity contribution is 0.305. The number of hydrogen-bond acceptors (Lipinski definition) is 4. The second-order valence-corrected chi connectivity index (χ2v) is 7.71. The molecule has 1 atom stereocenters. The van der Waals surface area contributed by atoms with Crippen molar-refractivity contribution in [3.63, 3.8) is 0 Å². The quantitative estimate of drug-likeness (QED) is 0.497. The van der Waals surface area contributed by atoms with Gasteiger partial charge >= 0.3 is 0 Å². The highest BCUT2D eigenvalue weighted by Crippen LogP contribution is 2.20. The maximum atomic E-state index is 12.7. The van der Waals surface area contributed by atoms with Crippen LogP contribution < -0.4 is 15.6 Å². The van der Waals surface area contributed by atoms with Crippen molar-refractivity contribution in [2.75, 3.05) is 6.54 Å². The summed E-state index contributed by atoms with van der Waals surface area (Å²) in [5.74, 6) is 0.568. The van der Waals surface area contributed by atoms with E-state index in [1.807, 2.05) is 65.5 Å². The molecular weight excluding hydrogens is 412 g/mol. The molecule has 1 aliphatic rings. The molecule has 0 bridgehead atoms. The first-order valence-electron chi connectivity index (χ1n) is 10.3. The van der Waals surface area contributed by atoms with Gasteiger partial charge in [-0.2, -0.15) is 5.10 Å². The molecule has 0 unspecified atom stereocenters. The first-order chi connectivity index (χ1) is 14.8. The molecule has 2 aromatic heterocycles. The minimum atomic E-state index is -0.123. The van der Waals surface area contributed by atoms with Gasteiger partial charge in [-0.05, 0) is 49.2 Å². The number of pyridine rings is 1. The Hall–Kier alpha value is -3.09. The molecule has 160 valence electrons. The van der Waals surface area contributed by atoms with E-state index in [0.717, 1.165) is 35.2 Å². The first kappa shape index (κ1) is 21.2. The third-order valence-electron chi connectivity index (χ3n) is 5.60. The van der Waals surface area contributed by atoms with Gasteiger partial charge in [0.05, 0.1) is 18.3 Å². The summed E-state index contributed by atoms with van der Waals surface area (Å²) in [5.41, 5.74) is 2.85. The molecule has 0 spiro atoms. The van der Waals surface area contributed by atoms with Gasteiger partial charge in [-0.1, -0.05) is 30.3 Å². The topological polar surface area (TPSA) is 61.1 Å². The highest BCUT2D eigenvalue weighted by atomic mass is 35.5. The van der Waals surface area contributed by atoms with E-state index in [0.29, 0.717) is 18.4 Å². The largest absolute Gasteiger partial charge is 0.489 e. The fourth-order valence-corrected chi connectivity index (χ4v) is 4.00. The van der Waals surface area contributed by atoms with Gasteiger partial charge in [-0.15, -0.1) is 12.4 Å². The molecule has 1 fully saturated rings. The fourth-order valence-electron chi connectivity index (χ4n) is 4.00. The van der Waals surface area contributed by atoms with Crippen molar-refractivity contribution in [1.82, 2.24) is 19.7 Å². The summed E-state index contributed by atoms with van der Waals surface area (Å²) in [6.07, 6.45) is 6.04. The van der Waals surface area contributed by atoms with Crippen LogP contribution in [-0.4, -0.2) is 26.9 Å². The number of rotatable bonds is 6. The molecule has 31 heavy (non-hydrogen) atoms. The SMILES string of the molecule is Cl.O=c1cc(OCc2ccccc2)ccn1-c1ccc2c(cnn2C[C@H]2CCCN2)c1. The van der Waals surface area contributed by atoms with Gasteiger partial charge in [0, 0.05) is 29.4 Å². The van der Waals surface area contributed by atoms with E-state index in [-0.39, 0.29) is 18.0 Å². The Morgan fingerprint density at radius 1 is 1.10 bits per heavy atom. The summed E-state index contributed by atoms with van der Waals surface area (Å²) in [5, 5.41) is 9.09. The lowest BCUT2D eigenvalue weighted by Crippen LogP contribution is -2.27. The molecular formula is C24H25ClN4O2. The molecule has 5 rings (SSSR count). The zero-order chi connectivity index (χ0) is 20.3. The summed E-state index contributed by atoms with van der Waals surface area (Å²) in [7, 11) is 0. The van der Waals surface area contributed by atoms with Gasteiger partial charge in [0.25, 0.3) is 5.56 Å². The Kier molecular flexibility index (Phi) is 6.39. The fraction of sp³-hybridized carbons (Fsp3) is 0.250. The van der Waals surface area contributed by atoms with Crippen LogP contribution in [0.25, 0.3) is 16.6 Å². The molecule has 3 heterocycles. The molecule has 7 heteroatoms. The summed E-state index contributed by atoms with van der Waals surface area (Å²) in [6, 6.07) is 19.8. The number of aromatic nitrogens is 3. The number of halogens is 1. The van der Waals surface area contributed by atoms with Gasteiger partial charge in [-0.25, -0.2) is 0 Å². The van der Waals surface area contributed by atoms with Crippen LogP contribution in [0, 0.1) is 0 Å². The standard InChI is InChI=1S/C24H24N4O2.ClH/c29-24-14-22(30-17-18-5-2-1-3-6-18)10-12-27(24)21-8-9-23-19(13-21)15-26-28(23)16-20-7-4-11-25-20;/h1-3,5-6,8-10,12-15,20,25H,4,7,11,16-17H2;1H/t20-;/m1./s1. The van der Waals surface area contributed by atoms with Crippen LogP contribution in [0.5, 0.6) is 5.75 Å². The Bertz CT molecular complexity index is 1210. The van der Waals surface area contributed by atoms with Crippen LogP contribution in [0.15, 0.2) is 77.9 Å². The molecule has 2 aromatic carbocycles. The average Bonchev–Trinajstić information content (AvgIpc) is 3.43. The molecule has 6 nitrogen and oxygen atoms in total. The first-order valence-corrected chi connectivity index (χ1v) is 10.3. The lowest BCUT2D eigenvalue weighted by Gasteiger charge is -2.12. The molecule has 1 saturated heterocycles. The smallest absolute Gasteiger partial charge is 0.258 e. The molecule has 1 N–H and O–H groups in total.